The van der Waals surface area contributed by atoms with Gasteiger partial charge in [-0.1, -0.05) is 17.8 Å². The molecule has 0 unspecified atom stereocenters. The van der Waals surface area contributed by atoms with Crippen LogP contribution in [0, 0.1) is 18.6 Å². The highest BCUT2D eigenvalue weighted by Gasteiger charge is 2.37. The summed E-state index contributed by atoms with van der Waals surface area (Å²) in [5, 5.41) is 3.40. The molecule has 20 heavy (non-hydrogen) atoms. The zero-order chi connectivity index (χ0) is 14.2. The number of anilines is 1. The zero-order valence-electron chi connectivity index (χ0n) is 11.2. The number of thioether (sulfide) groups is 1. The molecule has 6 heteroatoms. The van der Waals surface area contributed by atoms with E-state index in [1.807, 2.05) is 0 Å². The minimum Gasteiger partial charge on any atom is -0.381 e. The molecular formula is C14H16F2N2OS. The molecular weight excluding hydrogens is 282 g/mol. The molecule has 3 rings (SSSR count). The van der Waals surface area contributed by atoms with E-state index in [4.69, 9.17) is 4.74 Å². The van der Waals surface area contributed by atoms with Crippen molar-refractivity contribution in [3.05, 3.63) is 29.3 Å². The molecule has 0 amide bonds. The van der Waals surface area contributed by atoms with Gasteiger partial charge in [0.15, 0.2) is 11.0 Å². The molecule has 0 saturated carbocycles. The lowest BCUT2D eigenvalue weighted by Gasteiger charge is -2.29. The summed E-state index contributed by atoms with van der Waals surface area (Å²) in [7, 11) is 0. The molecule has 1 fully saturated rings. The van der Waals surface area contributed by atoms with Crippen LogP contribution in [0.15, 0.2) is 17.1 Å². The average molecular weight is 298 g/mol. The molecule has 2 aliphatic heterocycles. The molecule has 1 aromatic carbocycles. The maximum atomic E-state index is 14.0. The Hall–Kier alpha value is -1.14. The number of halogens is 2. The number of hydrogen-bond donors (Lipinski definition) is 1. The van der Waals surface area contributed by atoms with Crippen molar-refractivity contribution in [3.8, 4) is 0 Å². The number of amidine groups is 1. The number of rotatable bonds is 1. The molecule has 0 radical (unpaired) electrons. The van der Waals surface area contributed by atoms with E-state index in [-0.39, 0.29) is 11.2 Å². The topological polar surface area (TPSA) is 33.6 Å². The molecule has 3 nitrogen and oxygen atoms in total. The molecule has 0 aromatic heterocycles. The maximum absolute atomic E-state index is 14.0. The van der Waals surface area contributed by atoms with Gasteiger partial charge >= 0.3 is 0 Å². The van der Waals surface area contributed by atoms with E-state index in [1.54, 1.807) is 6.92 Å². The van der Waals surface area contributed by atoms with Crippen LogP contribution in [0.4, 0.5) is 14.5 Å². The zero-order valence-corrected chi connectivity index (χ0v) is 12.0. The fraction of sp³-hybridized carbons (Fsp3) is 0.500. The average Bonchev–Trinajstić information content (AvgIpc) is 2.83. The number of nitrogens with zero attached hydrogens (tertiary/aromatic N) is 1. The highest BCUT2D eigenvalue weighted by Crippen LogP contribution is 2.36. The second-order valence-corrected chi connectivity index (χ2v) is 6.18. The van der Waals surface area contributed by atoms with E-state index >= 15 is 0 Å². The third-order valence-corrected chi connectivity index (χ3v) is 4.90. The third-order valence-electron chi connectivity index (χ3n) is 3.76. The first-order valence-electron chi connectivity index (χ1n) is 6.62. The first kappa shape index (κ1) is 13.8. The van der Waals surface area contributed by atoms with E-state index in [1.165, 1.54) is 23.9 Å². The minimum absolute atomic E-state index is 0.111. The summed E-state index contributed by atoms with van der Waals surface area (Å²) in [4.78, 5) is 4.64. The van der Waals surface area contributed by atoms with Crippen LogP contribution < -0.4 is 5.32 Å². The van der Waals surface area contributed by atoms with Gasteiger partial charge < -0.3 is 10.1 Å². The van der Waals surface area contributed by atoms with Crippen LogP contribution in [0.25, 0.3) is 0 Å². The second kappa shape index (κ2) is 5.33. The summed E-state index contributed by atoms with van der Waals surface area (Å²) in [6, 6.07) is 2.70. The third kappa shape index (κ3) is 2.54. The van der Waals surface area contributed by atoms with Crippen molar-refractivity contribution in [2.45, 2.75) is 25.3 Å². The summed E-state index contributed by atoms with van der Waals surface area (Å²) in [5.74, 6) is -0.307. The molecule has 0 atom stereocenters. The second-order valence-electron chi connectivity index (χ2n) is 5.22. The summed E-state index contributed by atoms with van der Waals surface area (Å²) in [6.07, 6.45) is 1.73. The van der Waals surface area contributed by atoms with Gasteiger partial charge in [0, 0.05) is 19.0 Å². The monoisotopic (exact) mass is 298 g/mol. The molecule has 1 N–H and O–H groups in total. The first-order valence-corrected chi connectivity index (χ1v) is 7.60. The Kier molecular flexibility index (Phi) is 3.69. The lowest BCUT2D eigenvalue weighted by Crippen LogP contribution is -2.34. The SMILES string of the molecule is Cc1ccc(F)c(NC2=NC3(CCOCC3)CS2)c1F. The Morgan fingerprint density at radius 1 is 1.30 bits per heavy atom. The quantitative estimate of drug-likeness (QED) is 0.863. The minimum atomic E-state index is -0.593. The number of ether oxygens (including phenoxy) is 1. The molecule has 1 spiro atoms. The van der Waals surface area contributed by atoms with E-state index < -0.39 is 11.6 Å². The molecule has 1 aromatic rings. The Balaban J connectivity index is 1.82. The lowest BCUT2D eigenvalue weighted by molar-refractivity contribution is 0.0624. The summed E-state index contributed by atoms with van der Waals surface area (Å²) in [5.41, 5.74) is 0.181. The smallest absolute Gasteiger partial charge is 0.161 e. The van der Waals surface area contributed by atoms with Crippen LogP contribution >= 0.6 is 11.8 Å². The number of aryl methyl sites for hydroxylation is 1. The Morgan fingerprint density at radius 3 is 2.80 bits per heavy atom. The van der Waals surface area contributed by atoms with Crippen LogP contribution in [0.5, 0.6) is 0 Å². The van der Waals surface area contributed by atoms with Gasteiger partial charge in [-0.2, -0.15) is 0 Å². The number of hydrogen-bond acceptors (Lipinski definition) is 4. The molecule has 0 aliphatic carbocycles. The number of benzene rings is 1. The molecule has 1 saturated heterocycles. The number of aliphatic imine (C=N–C) groups is 1. The van der Waals surface area contributed by atoms with Crippen molar-refractivity contribution in [3.63, 3.8) is 0 Å². The number of nitrogens with one attached hydrogen (secondary N) is 1. The standard InChI is InChI=1S/C14H16F2N2OS/c1-9-2-3-10(15)12(11(9)16)17-13-18-14(8-20-13)4-6-19-7-5-14/h2-3H,4-8H2,1H3,(H,17,18). The molecule has 2 heterocycles. The lowest BCUT2D eigenvalue weighted by atomic mass is 9.93. The van der Waals surface area contributed by atoms with Crippen molar-refractivity contribution >= 4 is 22.6 Å². The van der Waals surface area contributed by atoms with Crippen molar-refractivity contribution < 1.29 is 13.5 Å². The fourth-order valence-electron chi connectivity index (χ4n) is 2.43. The fourth-order valence-corrected chi connectivity index (χ4v) is 3.62. The van der Waals surface area contributed by atoms with Gasteiger partial charge in [0.25, 0.3) is 0 Å². The van der Waals surface area contributed by atoms with Crippen molar-refractivity contribution in [1.29, 1.82) is 0 Å². The van der Waals surface area contributed by atoms with Gasteiger partial charge in [-0.05, 0) is 31.4 Å². The van der Waals surface area contributed by atoms with Crippen LogP contribution in [-0.4, -0.2) is 29.7 Å². The van der Waals surface area contributed by atoms with Gasteiger partial charge in [0.2, 0.25) is 0 Å². The predicted molar refractivity (Wildman–Crippen MR) is 77.4 cm³/mol. The van der Waals surface area contributed by atoms with Gasteiger partial charge in [-0.25, -0.2) is 8.78 Å². The largest absolute Gasteiger partial charge is 0.381 e. The predicted octanol–water partition coefficient (Wildman–Crippen LogP) is 3.34. The molecule has 108 valence electrons. The molecule has 2 aliphatic rings. The van der Waals surface area contributed by atoms with Crippen LogP contribution in [-0.2, 0) is 4.74 Å². The van der Waals surface area contributed by atoms with Gasteiger partial charge in [-0.3, -0.25) is 4.99 Å². The van der Waals surface area contributed by atoms with E-state index in [9.17, 15) is 8.78 Å². The van der Waals surface area contributed by atoms with Crippen LogP contribution in [0.3, 0.4) is 0 Å². The Morgan fingerprint density at radius 2 is 2.05 bits per heavy atom. The Bertz CT molecular complexity index is 556. The molecule has 0 bridgehead atoms. The Labute approximate surface area is 120 Å². The normalized spacial score (nSPS) is 21.1. The van der Waals surface area contributed by atoms with E-state index in [2.05, 4.69) is 10.3 Å². The van der Waals surface area contributed by atoms with E-state index in [0.29, 0.717) is 23.9 Å². The first-order chi connectivity index (χ1) is 9.60. The van der Waals surface area contributed by atoms with Crippen LogP contribution in [0.2, 0.25) is 0 Å². The summed E-state index contributed by atoms with van der Waals surface area (Å²) in [6.45, 7) is 3.01. The maximum Gasteiger partial charge on any atom is 0.161 e. The van der Waals surface area contributed by atoms with Crippen molar-refractivity contribution in [2.24, 2.45) is 4.99 Å². The highest BCUT2D eigenvalue weighted by molar-refractivity contribution is 8.14. The summed E-state index contributed by atoms with van der Waals surface area (Å²) < 4.78 is 33.0. The van der Waals surface area contributed by atoms with Gasteiger partial charge in [-0.15, -0.1) is 0 Å². The van der Waals surface area contributed by atoms with Crippen molar-refractivity contribution in [2.75, 3.05) is 24.3 Å². The summed E-state index contributed by atoms with van der Waals surface area (Å²) >= 11 is 1.52. The van der Waals surface area contributed by atoms with Gasteiger partial charge in [0.1, 0.15) is 11.5 Å². The highest BCUT2D eigenvalue weighted by atomic mass is 32.2. The van der Waals surface area contributed by atoms with E-state index in [0.717, 1.165) is 18.6 Å². The van der Waals surface area contributed by atoms with Gasteiger partial charge in [0.05, 0.1) is 5.54 Å². The van der Waals surface area contributed by atoms with Crippen LogP contribution in [0.1, 0.15) is 18.4 Å². The van der Waals surface area contributed by atoms with Crippen molar-refractivity contribution in [1.82, 2.24) is 0 Å².